The second-order valence-electron chi connectivity index (χ2n) is 8.47. The second kappa shape index (κ2) is 9.49. The van der Waals surface area contributed by atoms with Crippen LogP contribution < -0.4 is 15.1 Å². The molecule has 0 saturated carbocycles. The Kier molecular flexibility index (Phi) is 6.39. The Balaban J connectivity index is 1.68. The van der Waals surface area contributed by atoms with Gasteiger partial charge in [-0.1, -0.05) is 60.1 Å². The zero-order valence-corrected chi connectivity index (χ0v) is 20.4. The summed E-state index contributed by atoms with van der Waals surface area (Å²) in [5, 5.41) is 3.59. The van der Waals surface area contributed by atoms with Crippen LogP contribution in [-0.2, 0) is 23.1 Å². The lowest BCUT2D eigenvalue weighted by Gasteiger charge is -2.39. The normalized spacial score (nSPS) is 17.4. The van der Waals surface area contributed by atoms with Gasteiger partial charge in [0.2, 0.25) is 0 Å². The van der Waals surface area contributed by atoms with Gasteiger partial charge in [-0.15, -0.1) is 0 Å². The molecule has 0 aliphatic carbocycles. The summed E-state index contributed by atoms with van der Waals surface area (Å²) in [7, 11) is -4.31. The number of carbonyl (C=O) groups excluding carboxylic acids is 1. The molecule has 5 rings (SSSR count). The predicted octanol–water partition coefficient (Wildman–Crippen LogP) is 4.22. The van der Waals surface area contributed by atoms with Crippen molar-refractivity contribution in [1.29, 1.82) is 0 Å². The molecule has 0 radical (unpaired) electrons. The highest BCUT2D eigenvalue weighted by atomic mass is 35.5. The number of hydrogen-bond acceptors (Lipinski definition) is 5. The highest BCUT2D eigenvalue weighted by Crippen LogP contribution is 2.44. The molecule has 3 aromatic carbocycles. The molecule has 0 unspecified atom stereocenters. The van der Waals surface area contributed by atoms with Gasteiger partial charge in [-0.2, -0.15) is 0 Å². The van der Waals surface area contributed by atoms with E-state index in [0.29, 0.717) is 36.9 Å². The van der Waals surface area contributed by atoms with Crippen LogP contribution >= 0.6 is 11.6 Å². The molecule has 35 heavy (non-hydrogen) atoms. The maximum Gasteiger partial charge on any atom is 0.339 e. The molecule has 2 amide bonds. The molecule has 7 nitrogen and oxygen atoms in total. The van der Waals surface area contributed by atoms with Crippen molar-refractivity contribution in [2.45, 2.75) is 18.0 Å². The van der Waals surface area contributed by atoms with Gasteiger partial charge in [0, 0.05) is 36.8 Å². The maximum atomic E-state index is 14.5. The van der Waals surface area contributed by atoms with Gasteiger partial charge in [0.15, 0.2) is 0 Å². The molecule has 1 fully saturated rings. The van der Waals surface area contributed by atoms with Gasteiger partial charge in [0.1, 0.15) is 10.7 Å². The minimum absolute atomic E-state index is 0.00988. The zero-order chi connectivity index (χ0) is 24.6. The number of piperazine rings is 1. The number of carbonyl (C=O) groups is 1. The summed E-state index contributed by atoms with van der Waals surface area (Å²) < 4.78 is 43.2. The van der Waals surface area contributed by atoms with E-state index in [-0.39, 0.29) is 22.7 Å². The lowest BCUT2D eigenvalue weighted by Crippen LogP contribution is -2.51. The molecule has 3 aromatic rings. The van der Waals surface area contributed by atoms with Crippen molar-refractivity contribution >= 4 is 39.0 Å². The summed E-state index contributed by atoms with van der Waals surface area (Å²) in [6.07, 6.45) is 0. The molecule has 2 aliphatic heterocycles. The number of amides is 2. The highest BCUT2D eigenvalue weighted by molar-refractivity contribution is 7.90. The van der Waals surface area contributed by atoms with E-state index in [1.165, 1.54) is 29.2 Å². The molecule has 1 saturated heterocycles. The molecule has 0 bridgehead atoms. The zero-order valence-electron chi connectivity index (χ0n) is 18.8. The number of halogens is 2. The highest BCUT2D eigenvalue weighted by Gasteiger charge is 2.44. The first-order valence-corrected chi connectivity index (χ1v) is 13.1. The Labute approximate surface area is 208 Å². The second-order valence-corrected chi connectivity index (χ2v) is 10.7. The SMILES string of the molecule is O=C1N(Cc2ccccc2)c2cc(Cl)cc(N3CCNCC3)c2S(=O)(=O)N1Cc1ccccc1F. The van der Waals surface area contributed by atoms with E-state index < -0.39 is 28.4 Å². The van der Waals surface area contributed by atoms with Crippen LogP contribution in [0.4, 0.5) is 20.6 Å². The van der Waals surface area contributed by atoms with Crippen molar-refractivity contribution in [3.05, 3.63) is 88.7 Å². The van der Waals surface area contributed by atoms with Gasteiger partial charge in [-0.25, -0.2) is 21.9 Å². The molecular formula is C25H24ClFN4O3S. The van der Waals surface area contributed by atoms with Crippen molar-refractivity contribution in [1.82, 2.24) is 9.62 Å². The topological polar surface area (TPSA) is 73.0 Å². The number of anilines is 2. The third-order valence-electron chi connectivity index (χ3n) is 6.21. The molecule has 0 atom stereocenters. The Morgan fingerprint density at radius 3 is 2.29 bits per heavy atom. The Morgan fingerprint density at radius 1 is 0.914 bits per heavy atom. The summed E-state index contributed by atoms with van der Waals surface area (Å²) in [5.41, 5.74) is 1.61. The van der Waals surface area contributed by atoms with Gasteiger partial charge in [0.25, 0.3) is 10.0 Å². The van der Waals surface area contributed by atoms with Crippen LogP contribution in [0.3, 0.4) is 0 Å². The molecule has 10 heteroatoms. The van der Waals surface area contributed by atoms with Crippen molar-refractivity contribution in [2.75, 3.05) is 36.0 Å². The number of hydrogen-bond donors (Lipinski definition) is 1. The molecule has 2 heterocycles. The molecule has 182 valence electrons. The lowest BCUT2D eigenvalue weighted by atomic mass is 10.1. The summed E-state index contributed by atoms with van der Waals surface area (Å²) in [5.74, 6) is -0.575. The molecular weight excluding hydrogens is 491 g/mol. The van der Waals surface area contributed by atoms with Crippen LogP contribution in [0.2, 0.25) is 5.02 Å². The number of urea groups is 1. The Morgan fingerprint density at radius 2 is 1.57 bits per heavy atom. The average molecular weight is 515 g/mol. The molecule has 1 N–H and O–H groups in total. The number of nitrogens with zero attached hydrogens (tertiary/aromatic N) is 3. The van der Waals surface area contributed by atoms with Gasteiger partial charge in [-0.05, 0) is 23.8 Å². The summed E-state index contributed by atoms with van der Waals surface area (Å²) in [4.78, 5) is 17.1. The van der Waals surface area contributed by atoms with E-state index in [0.717, 1.165) is 9.87 Å². The van der Waals surface area contributed by atoms with E-state index in [1.54, 1.807) is 12.1 Å². The third-order valence-corrected chi connectivity index (χ3v) is 8.23. The fraction of sp³-hybridized carbons (Fsp3) is 0.240. The average Bonchev–Trinajstić information content (AvgIpc) is 2.86. The van der Waals surface area contributed by atoms with Crippen molar-refractivity contribution < 1.29 is 17.6 Å². The number of rotatable bonds is 5. The van der Waals surface area contributed by atoms with E-state index in [4.69, 9.17) is 11.6 Å². The van der Waals surface area contributed by atoms with E-state index in [9.17, 15) is 17.6 Å². The number of sulfonamides is 1. The minimum atomic E-state index is -4.31. The summed E-state index contributed by atoms with van der Waals surface area (Å²) in [6, 6.07) is 17.5. The summed E-state index contributed by atoms with van der Waals surface area (Å²) in [6.45, 7) is 2.27. The fourth-order valence-electron chi connectivity index (χ4n) is 4.47. The van der Waals surface area contributed by atoms with Crippen molar-refractivity contribution in [2.24, 2.45) is 0 Å². The van der Waals surface area contributed by atoms with Crippen molar-refractivity contribution in [3.63, 3.8) is 0 Å². The van der Waals surface area contributed by atoms with Crippen LogP contribution in [-0.4, -0.2) is 44.9 Å². The largest absolute Gasteiger partial charge is 0.368 e. The first-order valence-electron chi connectivity index (χ1n) is 11.3. The Hall–Kier alpha value is -3.14. The molecule has 0 aromatic heterocycles. The quantitative estimate of drug-likeness (QED) is 0.552. The van der Waals surface area contributed by atoms with E-state index in [1.807, 2.05) is 35.2 Å². The minimum Gasteiger partial charge on any atom is -0.368 e. The number of fused-ring (bicyclic) bond motifs is 1. The molecule has 2 aliphatic rings. The summed E-state index contributed by atoms with van der Waals surface area (Å²) >= 11 is 6.46. The monoisotopic (exact) mass is 514 g/mol. The standard InChI is InChI=1S/C25H24ClFN4O3S/c26-20-14-22(29-12-10-28-11-13-29)24-23(15-20)30(16-18-6-2-1-3-7-18)25(32)31(35(24,33)34)17-19-8-4-5-9-21(19)27/h1-9,14-15,28H,10-13,16-17H2. The van der Waals surface area contributed by atoms with Crippen LogP contribution in [0.25, 0.3) is 0 Å². The predicted molar refractivity (Wildman–Crippen MR) is 134 cm³/mol. The van der Waals surface area contributed by atoms with Crippen LogP contribution in [0.15, 0.2) is 71.6 Å². The van der Waals surface area contributed by atoms with Crippen LogP contribution in [0.1, 0.15) is 11.1 Å². The number of benzene rings is 3. The maximum absolute atomic E-state index is 14.5. The van der Waals surface area contributed by atoms with Crippen LogP contribution in [0.5, 0.6) is 0 Å². The van der Waals surface area contributed by atoms with Gasteiger partial charge < -0.3 is 10.2 Å². The van der Waals surface area contributed by atoms with Gasteiger partial charge >= 0.3 is 6.03 Å². The number of nitrogens with one attached hydrogen (secondary N) is 1. The fourth-order valence-corrected chi connectivity index (χ4v) is 6.40. The first-order chi connectivity index (χ1) is 16.9. The third kappa shape index (κ3) is 4.47. The first kappa shape index (κ1) is 23.6. The van der Waals surface area contributed by atoms with Gasteiger partial charge in [-0.3, -0.25) is 4.90 Å². The van der Waals surface area contributed by atoms with Crippen LogP contribution in [0, 0.1) is 5.82 Å². The van der Waals surface area contributed by atoms with E-state index in [2.05, 4.69) is 5.32 Å². The Bertz CT molecular complexity index is 1360. The lowest BCUT2D eigenvalue weighted by molar-refractivity contribution is 0.226. The van der Waals surface area contributed by atoms with Gasteiger partial charge in [0.05, 0.1) is 24.5 Å². The van der Waals surface area contributed by atoms with E-state index >= 15 is 0 Å². The molecule has 0 spiro atoms. The van der Waals surface area contributed by atoms with Crippen molar-refractivity contribution in [3.8, 4) is 0 Å². The smallest absolute Gasteiger partial charge is 0.339 e.